The molecule has 24 heavy (non-hydrogen) atoms. The van der Waals surface area contributed by atoms with E-state index < -0.39 is 0 Å². The molecule has 0 aliphatic carbocycles. The second kappa shape index (κ2) is 6.45. The van der Waals surface area contributed by atoms with E-state index in [1.54, 1.807) is 6.08 Å². The predicted octanol–water partition coefficient (Wildman–Crippen LogP) is 1.81. The van der Waals surface area contributed by atoms with Crippen molar-refractivity contribution in [2.24, 2.45) is 4.99 Å². The van der Waals surface area contributed by atoms with E-state index in [2.05, 4.69) is 20.6 Å². The number of rotatable bonds is 2. The molecule has 1 fully saturated rings. The summed E-state index contributed by atoms with van der Waals surface area (Å²) in [5.74, 6) is 0.271. The van der Waals surface area contributed by atoms with Gasteiger partial charge in [-0.3, -0.25) is 10.1 Å². The van der Waals surface area contributed by atoms with Crippen molar-refractivity contribution in [2.45, 2.75) is 25.3 Å². The van der Waals surface area contributed by atoms with Gasteiger partial charge in [0.25, 0.3) is 5.91 Å². The molecule has 2 aromatic rings. The van der Waals surface area contributed by atoms with Crippen LogP contribution in [0.25, 0.3) is 17.2 Å². The van der Waals surface area contributed by atoms with E-state index in [1.807, 2.05) is 18.2 Å². The lowest BCUT2D eigenvalue weighted by Gasteiger charge is -2.16. The lowest BCUT2D eigenvalue weighted by atomic mass is 10.1. The number of nitrogens with one attached hydrogen (secondary N) is 2. The predicted molar refractivity (Wildman–Crippen MR) is 89.2 cm³/mol. The number of hydrogen-bond donors (Lipinski definition) is 2. The molecular formula is C17H18N4O3. The molecule has 1 aromatic heterocycles. The van der Waals surface area contributed by atoms with Crippen LogP contribution in [0.1, 0.15) is 24.8 Å². The van der Waals surface area contributed by atoms with Crippen LogP contribution < -0.4 is 10.6 Å². The van der Waals surface area contributed by atoms with Crippen molar-refractivity contribution in [3.63, 3.8) is 0 Å². The average molecular weight is 326 g/mol. The van der Waals surface area contributed by atoms with Crippen molar-refractivity contribution in [1.82, 2.24) is 15.6 Å². The fourth-order valence-corrected chi connectivity index (χ4v) is 2.87. The smallest absolute Gasteiger partial charge is 0.276 e. The van der Waals surface area contributed by atoms with Crippen LogP contribution in [-0.4, -0.2) is 36.1 Å². The van der Waals surface area contributed by atoms with Crippen LogP contribution in [-0.2, 0) is 9.53 Å². The normalized spacial score (nSPS) is 23.2. The van der Waals surface area contributed by atoms with Gasteiger partial charge in [-0.05, 0) is 43.0 Å². The van der Waals surface area contributed by atoms with Crippen molar-refractivity contribution in [2.75, 3.05) is 13.2 Å². The molecule has 124 valence electrons. The molecule has 1 saturated heterocycles. The Bertz CT molecular complexity index is 816. The van der Waals surface area contributed by atoms with Crippen LogP contribution in [0.4, 0.5) is 0 Å². The molecule has 4 rings (SSSR count). The summed E-state index contributed by atoms with van der Waals surface area (Å²) < 4.78 is 10.8. The van der Waals surface area contributed by atoms with Crippen molar-refractivity contribution >= 4 is 29.0 Å². The minimum absolute atomic E-state index is 0.177. The van der Waals surface area contributed by atoms with E-state index in [-0.39, 0.29) is 11.9 Å². The van der Waals surface area contributed by atoms with Gasteiger partial charge in [0.05, 0.1) is 12.6 Å². The van der Waals surface area contributed by atoms with Crippen molar-refractivity contribution in [3.8, 4) is 0 Å². The summed E-state index contributed by atoms with van der Waals surface area (Å²) in [6.07, 6.45) is 6.33. The Balaban J connectivity index is 1.51. The number of fused-ring (bicyclic) bond motifs is 1. The first-order valence-corrected chi connectivity index (χ1v) is 8.07. The summed E-state index contributed by atoms with van der Waals surface area (Å²) >= 11 is 0. The lowest BCUT2D eigenvalue weighted by molar-refractivity contribution is -0.115. The lowest BCUT2D eigenvalue weighted by Crippen LogP contribution is -2.44. The molecule has 2 N–H and O–H groups in total. The third kappa shape index (κ3) is 3.16. The summed E-state index contributed by atoms with van der Waals surface area (Å²) in [5.41, 5.74) is 2.67. The van der Waals surface area contributed by atoms with E-state index >= 15 is 0 Å². The fourth-order valence-electron chi connectivity index (χ4n) is 2.87. The van der Waals surface area contributed by atoms with E-state index in [9.17, 15) is 4.79 Å². The van der Waals surface area contributed by atoms with Gasteiger partial charge in [-0.1, -0.05) is 6.07 Å². The molecule has 2 aliphatic heterocycles. The topological polar surface area (TPSA) is 88.8 Å². The van der Waals surface area contributed by atoms with Crippen LogP contribution in [0.5, 0.6) is 0 Å². The summed E-state index contributed by atoms with van der Waals surface area (Å²) in [5, 5.41) is 6.02. The van der Waals surface area contributed by atoms with Crippen LogP contribution in [0.2, 0.25) is 0 Å². The van der Waals surface area contributed by atoms with Gasteiger partial charge in [0, 0.05) is 6.61 Å². The van der Waals surface area contributed by atoms with Crippen molar-refractivity contribution in [3.05, 3.63) is 35.9 Å². The highest BCUT2D eigenvalue weighted by Crippen LogP contribution is 2.18. The monoisotopic (exact) mass is 326 g/mol. The summed E-state index contributed by atoms with van der Waals surface area (Å²) in [6.45, 7) is 1.43. The Morgan fingerprint density at radius 3 is 3.25 bits per heavy atom. The third-order valence-electron chi connectivity index (χ3n) is 4.11. The molecule has 3 heterocycles. The number of amides is 1. The Labute approximate surface area is 138 Å². The van der Waals surface area contributed by atoms with Gasteiger partial charge in [-0.25, -0.2) is 9.98 Å². The number of benzene rings is 1. The van der Waals surface area contributed by atoms with Gasteiger partial charge in [0.2, 0.25) is 5.96 Å². The Morgan fingerprint density at radius 1 is 1.33 bits per heavy atom. The zero-order chi connectivity index (χ0) is 16.4. The highest BCUT2D eigenvalue weighted by Gasteiger charge is 2.23. The number of oxazole rings is 1. The minimum Gasteiger partial charge on any atom is -0.443 e. The molecule has 1 aromatic carbocycles. The molecule has 0 radical (unpaired) electrons. The molecule has 0 spiro atoms. The van der Waals surface area contributed by atoms with E-state index in [4.69, 9.17) is 9.15 Å². The number of aromatic nitrogens is 1. The number of guanidine groups is 1. The molecule has 1 unspecified atom stereocenters. The second-order valence-electron chi connectivity index (χ2n) is 5.94. The number of ether oxygens (including phenoxy) is 1. The van der Waals surface area contributed by atoms with Gasteiger partial charge < -0.3 is 14.5 Å². The Kier molecular flexibility index (Phi) is 4.00. The number of aliphatic imine (C=N–C) groups is 1. The summed E-state index contributed by atoms with van der Waals surface area (Å²) in [7, 11) is 0. The highest BCUT2D eigenvalue weighted by atomic mass is 16.5. The van der Waals surface area contributed by atoms with Crippen molar-refractivity contribution < 1.29 is 13.9 Å². The highest BCUT2D eigenvalue weighted by molar-refractivity contribution is 6.13. The maximum atomic E-state index is 12.1. The van der Waals surface area contributed by atoms with Gasteiger partial charge in [-0.2, -0.15) is 0 Å². The molecule has 0 saturated carbocycles. The maximum absolute atomic E-state index is 12.1. The van der Waals surface area contributed by atoms with E-state index in [1.165, 1.54) is 6.39 Å². The summed E-state index contributed by atoms with van der Waals surface area (Å²) in [4.78, 5) is 20.5. The Morgan fingerprint density at radius 2 is 2.29 bits per heavy atom. The van der Waals surface area contributed by atoms with Crippen LogP contribution in [0.15, 0.2) is 39.7 Å². The van der Waals surface area contributed by atoms with Crippen LogP contribution >= 0.6 is 0 Å². The first-order chi connectivity index (χ1) is 11.8. The zero-order valence-electron chi connectivity index (χ0n) is 13.1. The molecule has 7 heteroatoms. The van der Waals surface area contributed by atoms with Crippen LogP contribution in [0, 0.1) is 0 Å². The fraction of sp³-hybridized carbons (Fsp3) is 0.353. The SMILES string of the molecule is O=C1NC(NC2CCCCOC2)=N/C1=C\c1ccc2ncoc2c1. The second-order valence-corrected chi connectivity index (χ2v) is 5.94. The maximum Gasteiger partial charge on any atom is 0.276 e. The van der Waals surface area contributed by atoms with Gasteiger partial charge >= 0.3 is 0 Å². The first kappa shape index (κ1) is 14.9. The zero-order valence-corrected chi connectivity index (χ0v) is 13.1. The molecule has 1 atom stereocenters. The van der Waals surface area contributed by atoms with Crippen molar-refractivity contribution in [1.29, 1.82) is 0 Å². The Hall–Kier alpha value is -2.67. The van der Waals surface area contributed by atoms with Gasteiger partial charge in [0.1, 0.15) is 11.2 Å². The minimum atomic E-state index is -0.218. The third-order valence-corrected chi connectivity index (χ3v) is 4.11. The van der Waals surface area contributed by atoms with Crippen LogP contribution in [0.3, 0.4) is 0 Å². The first-order valence-electron chi connectivity index (χ1n) is 8.07. The molecular weight excluding hydrogens is 308 g/mol. The number of nitrogens with zero attached hydrogens (tertiary/aromatic N) is 2. The summed E-state index contributed by atoms with van der Waals surface area (Å²) in [6, 6.07) is 5.74. The van der Waals surface area contributed by atoms with E-state index in [0.717, 1.165) is 36.9 Å². The standard InChI is InChI=1S/C17H18N4O3/c22-16-14(7-11-4-5-13-15(8-11)24-10-18-13)20-17(21-16)19-12-3-1-2-6-23-9-12/h4-5,7-8,10,12H,1-3,6,9H2,(H2,19,20,21,22)/b14-7-. The molecule has 0 bridgehead atoms. The van der Waals surface area contributed by atoms with Gasteiger partial charge in [0.15, 0.2) is 12.0 Å². The molecule has 1 amide bonds. The number of carbonyl (C=O) groups excluding carboxylic acids is 1. The number of carbonyl (C=O) groups is 1. The average Bonchev–Trinajstić information content (AvgIpc) is 3.07. The molecule has 7 nitrogen and oxygen atoms in total. The number of hydrogen-bond acceptors (Lipinski definition) is 6. The van der Waals surface area contributed by atoms with Gasteiger partial charge in [-0.15, -0.1) is 0 Å². The largest absolute Gasteiger partial charge is 0.443 e. The molecule has 2 aliphatic rings. The quantitative estimate of drug-likeness (QED) is 0.822. The van der Waals surface area contributed by atoms with E-state index in [0.29, 0.717) is 23.8 Å².